The molecule has 4 heteroatoms. The largest absolute Gasteiger partial charge is 0.311 e. The summed E-state index contributed by atoms with van der Waals surface area (Å²) in [6.45, 7) is 4.41. The van der Waals surface area contributed by atoms with E-state index in [0.29, 0.717) is 0 Å². The molecule has 0 fully saturated rings. The van der Waals surface area contributed by atoms with Crippen molar-refractivity contribution in [3.63, 3.8) is 0 Å². The molecule has 0 radical (unpaired) electrons. The van der Waals surface area contributed by atoms with Crippen LogP contribution in [0.3, 0.4) is 0 Å². The number of hydrogen-bond acceptors (Lipinski definition) is 3. The maximum Gasteiger partial charge on any atom is 0.252 e. The second-order valence-electron chi connectivity index (χ2n) is 17.9. The summed E-state index contributed by atoms with van der Waals surface area (Å²) in [5.41, 5.74) is 20.9. The fraction of sp³-hybridized carbons (Fsp3) is 0.0476. The van der Waals surface area contributed by atoms with E-state index in [4.69, 9.17) is 0 Å². The number of hydrogen-bond donors (Lipinski definition) is 0. The van der Waals surface area contributed by atoms with E-state index in [9.17, 15) is 0 Å². The Morgan fingerprint density at radius 2 is 0.791 bits per heavy atom. The molecule has 2 aliphatic heterocycles. The van der Waals surface area contributed by atoms with E-state index in [0.717, 1.165) is 34.1 Å². The maximum absolute atomic E-state index is 2.52. The zero-order chi connectivity index (χ0) is 44.9. The monoisotopic (exact) mass is 857 g/mol. The van der Waals surface area contributed by atoms with Gasteiger partial charge < -0.3 is 14.7 Å². The molecular weight excluding hydrogens is 810 g/mol. The first-order valence-electron chi connectivity index (χ1n) is 23.3. The Kier molecular flexibility index (Phi) is 9.95. The first-order valence-corrected chi connectivity index (χ1v) is 23.3. The average Bonchev–Trinajstić information content (AvgIpc) is 3.38. The predicted octanol–water partition coefficient (Wildman–Crippen LogP) is 14.2. The molecule has 10 aromatic rings. The quantitative estimate of drug-likeness (QED) is 0.106. The average molecular weight is 858 g/mol. The molecular formula is C63H48BN3. The van der Waals surface area contributed by atoms with Gasteiger partial charge in [0.25, 0.3) is 6.71 Å². The van der Waals surface area contributed by atoms with Crippen LogP contribution in [0.5, 0.6) is 0 Å². The van der Waals surface area contributed by atoms with E-state index >= 15 is 0 Å². The lowest BCUT2D eigenvalue weighted by atomic mass is 9.33. The molecule has 2 heterocycles. The number of fused-ring (bicyclic) bond motifs is 4. The van der Waals surface area contributed by atoms with Gasteiger partial charge in [-0.25, -0.2) is 0 Å². The molecule has 318 valence electrons. The standard InChI is InChI=1S/C63H48BN3/c1-45-21-20-32-54(41-45)67-59-42-46(2)35-40-57(59)64-56-33-18-19-34-58(56)66(60-43-55(44-61(67)62(60)64)65(51-28-14-6-15-29-51)52-30-16-7-17-31-52)53-38-36-50(37-39-53)63(47-22-8-3-9-23-47,48-24-10-4-11-25-48)49-26-12-5-13-27-49/h3-44H,1-2H3. The van der Waals surface area contributed by atoms with Crippen molar-refractivity contribution in [1.82, 2.24) is 0 Å². The molecule has 3 nitrogen and oxygen atoms in total. The minimum atomic E-state index is -0.561. The van der Waals surface area contributed by atoms with Crippen LogP contribution < -0.4 is 31.1 Å². The van der Waals surface area contributed by atoms with Gasteiger partial charge in [0.1, 0.15) is 0 Å². The van der Waals surface area contributed by atoms with Gasteiger partial charge in [-0.05, 0) is 136 Å². The third-order valence-corrected chi connectivity index (χ3v) is 13.8. The zero-order valence-corrected chi connectivity index (χ0v) is 37.7. The maximum atomic E-state index is 2.52. The molecule has 10 aromatic carbocycles. The summed E-state index contributed by atoms with van der Waals surface area (Å²) in [5.74, 6) is 0. The summed E-state index contributed by atoms with van der Waals surface area (Å²) >= 11 is 0. The number of anilines is 9. The minimum Gasteiger partial charge on any atom is -0.311 e. The number of aryl methyl sites for hydroxylation is 2. The van der Waals surface area contributed by atoms with Gasteiger partial charge in [-0.3, -0.25) is 0 Å². The van der Waals surface area contributed by atoms with Gasteiger partial charge in [0.15, 0.2) is 0 Å². The van der Waals surface area contributed by atoms with Crippen molar-refractivity contribution in [3.8, 4) is 0 Å². The van der Waals surface area contributed by atoms with Crippen LogP contribution in [0.1, 0.15) is 33.4 Å². The van der Waals surface area contributed by atoms with Gasteiger partial charge in [0.2, 0.25) is 0 Å². The fourth-order valence-electron chi connectivity index (χ4n) is 11.0. The molecule has 2 aliphatic rings. The van der Waals surface area contributed by atoms with Crippen LogP contribution in [0.25, 0.3) is 0 Å². The minimum absolute atomic E-state index is 0.00576. The van der Waals surface area contributed by atoms with Gasteiger partial charge in [0.05, 0.1) is 11.1 Å². The Hall–Kier alpha value is -8.34. The van der Waals surface area contributed by atoms with Gasteiger partial charge >= 0.3 is 0 Å². The molecule has 0 spiro atoms. The van der Waals surface area contributed by atoms with Crippen molar-refractivity contribution < 1.29 is 0 Å². The fourth-order valence-corrected chi connectivity index (χ4v) is 11.0. The normalized spacial score (nSPS) is 12.5. The van der Waals surface area contributed by atoms with Crippen molar-refractivity contribution in [1.29, 1.82) is 0 Å². The van der Waals surface area contributed by atoms with E-state index < -0.39 is 5.41 Å². The molecule has 12 rings (SSSR count). The SMILES string of the molecule is Cc1cccc(N2c3cc(C)ccc3B3c4ccccc4N(c4ccc(C(c5ccccc5)(c5ccccc5)c5ccccc5)cc4)c4cc(N(c5ccccc5)c5ccccc5)cc2c43)c1. The van der Waals surface area contributed by atoms with Crippen molar-refractivity contribution in [2.45, 2.75) is 19.3 Å². The third-order valence-electron chi connectivity index (χ3n) is 13.8. The highest BCUT2D eigenvalue weighted by Gasteiger charge is 2.44. The Morgan fingerprint density at radius 3 is 1.34 bits per heavy atom. The summed E-state index contributed by atoms with van der Waals surface area (Å²) in [6, 6.07) is 93.9. The second kappa shape index (κ2) is 16.6. The summed E-state index contributed by atoms with van der Waals surface area (Å²) < 4.78 is 0. The van der Waals surface area contributed by atoms with Crippen LogP contribution in [0.2, 0.25) is 0 Å². The van der Waals surface area contributed by atoms with Crippen LogP contribution in [-0.2, 0) is 5.41 Å². The van der Waals surface area contributed by atoms with E-state index in [1.54, 1.807) is 0 Å². The lowest BCUT2D eigenvalue weighted by Crippen LogP contribution is -2.61. The highest BCUT2D eigenvalue weighted by molar-refractivity contribution is 7.00. The summed E-state index contributed by atoms with van der Waals surface area (Å²) in [4.78, 5) is 7.45. The van der Waals surface area contributed by atoms with Gasteiger partial charge in [-0.15, -0.1) is 0 Å². The highest BCUT2D eigenvalue weighted by atomic mass is 15.2. The van der Waals surface area contributed by atoms with Gasteiger partial charge in [-0.1, -0.05) is 182 Å². The summed E-state index contributed by atoms with van der Waals surface area (Å²) in [7, 11) is 0. The predicted molar refractivity (Wildman–Crippen MR) is 283 cm³/mol. The van der Waals surface area contributed by atoms with E-state index in [1.165, 1.54) is 66.8 Å². The van der Waals surface area contributed by atoms with Crippen LogP contribution in [0, 0.1) is 13.8 Å². The number of para-hydroxylation sites is 3. The van der Waals surface area contributed by atoms with E-state index in [1.807, 2.05) is 0 Å². The van der Waals surface area contributed by atoms with Crippen molar-refractivity contribution in [2.75, 3.05) is 14.7 Å². The third kappa shape index (κ3) is 6.67. The first-order chi connectivity index (χ1) is 33.1. The molecule has 0 bridgehead atoms. The van der Waals surface area contributed by atoms with Crippen LogP contribution in [0.15, 0.2) is 255 Å². The molecule has 0 N–H and O–H groups in total. The number of rotatable bonds is 9. The van der Waals surface area contributed by atoms with E-state index in [-0.39, 0.29) is 6.71 Å². The molecule has 0 aromatic heterocycles. The lowest BCUT2D eigenvalue weighted by molar-refractivity contribution is 0.745. The van der Waals surface area contributed by atoms with Crippen molar-refractivity contribution >= 4 is 74.3 Å². The first kappa shape index (κ1) is 40.2. The number of benzene rings is 10. The van der Waals surface area contributed by atoms with E-state index in [2.05, 4.69) is 283 Å². The topological polar surface area (TPSA) is 9.72 Å². The smallest absolute Gasteiger partial charge is 0.252 e. The molecule has 0 aliphatic carbocycles. The molecule has 0 atom stereocenters. The number of nitrogens with zero attached hydrogens (tertiary/aromatic N) is 3. The molecule has 0 unspecified atom stereocenters. The van der Waals surface area contributed by atoms with Gasteiger partial charge in [0, 0.05) is 45.5 Å². The van der Waals surface area contributed by atoms with Crippen molar-refractivity contribution in [2.24, 2.45) is 0 Å². The van der Waals surface area contributed by atoms with Crippen LogP contribution in [0.4, 0.5) is 51.2 Å². The van der Waals surface area contributed by atoms with Crippen LogP contribution >= 0.6 is 0 Å². The highest BCUT2D eigenvalue weighted by Crippen LogP contribution is 2.50. The molecule has 0 saturated heterocycles. The van der Waals surface area contributed by atoms with Crippen molar-refractivity contribution in [3.05, 3.63) is 288 Å². The molecule has 67 heavy (non-hydrogen) atoms. The Balaban J connectivity index is 1.14. The Morgan fingerprint density at radius 1 is 0.328 bits per heavy atom. The van der Waals surface area contributed by atoms with Crippen LogP contribution in [-0.4, -0.2) is 6.71 Å². The Bertz CT molecular complexity index is 3240. The molecule has 0 amide bonds. The van der Waals surface area contributed by atoms with Gasteiger partial charge in [-0.2, -0.15) is 0 Å². The molecule has 0 saturated carbocycles. The summed E-state index contributed by atoms with van der Waals surface area (Å²) in [6.07, 6.45) is 0. The lowest BCUT2D eigenvalue weighted by Gasteiger charge is -2.45. The zero-order valence-electron chi connectivity index (χ0n) is 37.7. The summed E-state index contributed by atoms with van der Waals surface area (Å²) in [5, 5.41) is 0. The second-order valence-corrected chi connectivity index (χ2v) is 17.9. The Labute approximate surface area is 394 Å².